The van der Waals surface area contributed by atoms with Crippen LogP contribution in [0.3, 0.4) is 0 Å². The average molecular weight is 392 g/mol. The summed E-state index contributed by atoms with van der Waals surface area (Å²) in [5.41, 5.74) is 1.08. The van der Waals surface area contributed by atoms with Crippen LogP contribution in [-0.2, 0) is 0 Å². The van der Waals surface area contributed by atoms with Gasteiger partial charge in [0.1, 0.15) is 11.5 Å². The van der Waals surface area contributed by atoms with Crippen LogP contribution < -0.4 is 9.47 Å². The second-order valence-electron chi connectivity index (χ2n) is 3.60. The third-order valence-corrected chi connectivity index (χ3v) is 5.28. The Morgan fingerprint density at radius 2 is 1.83 bits per heavy atom. The van der Waals surface area contributed by atoms with Gasteiger partial charge in [-0.25, -0.2) is 0 Å². The highest BCUT2D eigenvalue weighted by atomic mass is 79.9. The molecule has 1 unspecified atom stereocenters. The summed E-state index contributed by atoms with van der Waals surface area (Å²) in [6.07, 6.45) is 0. The number of hydrogen-bond donors (Lipinski definition) is 0. The van der Waals surface area contributed by atoms with Crippen LogP contribution in [0.15, 0.2) is 34.1 Å². The molecule has 5 heteroatoms. The van der Waals surface area contributed by atoms with Gasteiger partial charge in [0, 0.05) is 10.0 Å². The van der Waals surface area contributed by atoms with Crippen LogP contribution in [0.1, 0.15) is 15.3 Å². The maximum Gasteiger partial charge on any atom is 0.134 e. The second kappa shape index (κ2) is 6.08. The van der Waals surface area contributed by atoms with Gasteiger partial charge in [-0.1, -0.05) is 31.9 Å². The summed E-state index contributed by atoms with van der Waals surface area (Å²) >= 11 is 8.87. The molecule has 1 aromatic heterocycles. The summed E-state index contributed by atoms with van der Waals surface area (Å²) < 4.78 is 11.8. The number of benzene rings is 1. The topological polar surface area (TPSA) is 18.5 Å². The molecule has 18 heavy (non-hydrogen) atoms. The molecule has 2 rings (SSSR count). The maximum atomic E-state index is 5.41. The van der Waals surface area contributed by atoms with Gasteiger partial charge in [-0.3, -0.25) is 0 Å². The third-order valence-electron chi connectivity index (χ3n) is 2.57. The van der Waals surface area contributed by atoms with E-state index in [1.165, 1.54) is 0 Å². The van der Waals surface area contributed by atoms with E-state index in [4.69, 9.17) is 9.47 Å². The Hall–Kier alpha value is -0.520. The number of thiophene rings is 1. The van der Waals surface area contributed by atoms with Crippen molar-refractivity contribution in [2.24, 2.45) is 0 Å². The van der Waals surface area contributed by atoms with E-state index in [0.717, 1.165) is 26.4 Å². The monoisotopic (exact) mass is 390 g/mol. The van der Waals surface area contributed by atoms with Gasteiger partial charge in [0.2, 0.25) is 0 Å². The number of rotatable bonds is 4. The summed E-state index contributed by atoms with van der Waals surface area (Å²) in [6, 6.07) is 7.94. The minimum Gasteiger partial charge on any atom is -0.496 e. The summed E-state index contributed by atoms with van der Waals surface area (Å²) in [5.74, 6) is 1.75. The van der Waals surface area contributed by atoms with Gasteiger partial charge in [0.05, 0.1) is 23.9 Å². The van der Waals surface area contributed by atoms with Gasteiger partial charge in [-0.05, 0) is 29.6 Å². The summed E-state index contributed by atoms with van der Waals surface area (Å²) in [5, 5.41) is 2.02. The van der Waals surface area contributed by atoms with E-state index in [1.807, 2.05) is 23.6 Å². The molecule has 96 valence electrons. The zero-order valence-corrected chi connectivity index (χ0v) is 13.9. The minimum atomic E-state index is 0.0555. The Labute approximate surface area is 127 Å². The molecule has 1 heterocycles. The molecule has 1 aromatic carbocycles. The lowest BCUT2D eigenvalue weighted by Gasteiger charge is -2.15. The smallest absolute Gasteiger partial charge is 0.134 e. The Morgan fingerprint density at radius 1 is 1.11 bits per heavy atom. The zero-order chi connectivity index (χ0) is 13.1. The normalized spacial score (nSPS) is 12.2. The quantitative estimate of drug-likeness (QED) is 0.681. The Balaban J connectivity index is 2.45. The highest BCUT2D eigenvalue weighted by molar-refractivity contribution is 9.10. The number of halogens is 2. The third kappa shape index (κ3) is 2.73. The first-order valence-electron chi connectivity index (χ1n) is 5.26. The van der Waals surface area contributed by atoms with Crippen LogP contribution in [0.5, 0.6) is 11.5 Å². The summed E-state index contributed by atoms with van der Waals surface area (Å²) in [7, 11) is 3.36. The van der Waals surface area contributed by atoms with Crippen molar-refractivity contribution >= 4 is 43.2 Å². The molecule has 0 radical (unpaired) electrons. The molecule has 0 amide bonds. The molecular formula is C13H12Br2O2S. The van der Waals surface area contributed by atoms with Crippen LogP contribution in [0.4, 0.5) is 0 Å². The first kappa shape index (κ1) is 13.9. The van der Waals surface area contributed by atoms with E-state index in [9.17, 15) is 0 Å². The van der Waals surface area contributed by atoms with Crippen molar-refractivity contribution in [2.45, 2.75) is 4.83 Å². The fourth-order valence-corrected chi connectivity index (χ4v) is 3.85. The van der Waals surface area contributed by atoms with Gasteiger partial charge in [0.25, 0.3) is 0 Å². The number of methoxy groups -OCH3 is 2. The largest absolute Gasteiger partial charge is 0.496 e. The number of alkyl halides is 1. The highest BCUT2D eigenvalue weighted by Gasteiger charge is 2.20. The lowest BCUT2D eigenvalue weighted by molar-refractivity contribution is 0.406. The summed E-state index contributed by atoms with van der Waals surface area (Å²) in [6.45, 7) is 0. The van der Waals surface area contributed by atoms with Crippen LogP contribution in [0.2, 0.25) is 0 Å². The molecule has 0 aliphatic carbocycles. The molecule has 0 spiro atoms. The standard InChI is InChI=1S/C13H12Br2O2S/c1-16-10-4-3-8(14)7-9(10)12(15)13-11(17-2)5-6-18-13/h3-7,12H,1-2H3. The number of hydrogen-bond acceptors (Lipinski definition) is 3. The molecule has 0 aliphatic heterocycles. The lowest BCUT2D eigenvalue weighted by Crippen LogP contribution is -1.97. The van der Waals surface area contributed by atoms with Crippen LogP contribution in [0.25, 0.3) is 0 Å². The molecular weight excluding hydrogens is 380 g/mol. The molecule has 0 bridgehead atoms. The fraction of sp³-hybridized carbons (Fsp3) is 0.231. The van der Waals surface area contributed by atoms with Crippen molar-refractivity contribution in [3.63, 3.8) is 0 Å². The molecule has 0 saturated heterocycles. The zero-order valence-electron chi connectivity index (χ0n) is 9.94. The van der Waals surface area contributed by atoms with Crippen molar-refractivity contribution in [1.29, 1.82) is 0 Å². The molecule has 0 saturated carbocycles. The lowest BCUT2D eigenvalue weighted by atomic mass is 10.1. The predicted octanol–water partition coefficient (Wildman–Crippen LogP) is 5.01. The van der Waals surface area contributed by atoms with Crippen molar-refractivity contribution < 1.29 is 9.47 Å². The minimum absolute atomic E-state index is 0.0555. The molecule has 0 aliphatic rings. The molecule has 0 N–H and O–H groups in total. The van der Waals surface area contributed by atoms with Crippen molar-refractivity contribution in [1.82, 2.24) is 0 Å². The predicted molar refractivity (Wildman–Crippen MR) is 82.3 cm³/mol. The van der Waals surface area contributed by atoms with E-state index >= 15 is 0 Å². The maximum absolute atomic E-state index is 5.41. The molecule has 1 atom stereocenters. The first-order valence-corrected chi connectivity index (χ1v) is 7.85. The van der Waals surface area contributed by atoms with E-state index in [-0.39, 0.29) is 4.83 Å². The van der Waals surface area contributed by atoms with E-state index in [1.54, 1.807) is 25.6 Å². The number of ether oxygens (including phenoxy) is 2. The van der Waals surface area contributed by atoms with Gasteiger partial charge < -0.3 is 9.47 Å². The van der Waals surface area contributed by atoms with Gasteiger partial charge >= 0.3 is 0 Å². The molecule has 2 nitrogen and oxygen atoms in total. The van der Waals surface area contributed by atoms with Crippen molar-refractivity contribution in [3.05, 3.63) is 44.6 Å². The fourth-order valence-electron chi connectivity index (χ4n) is 1.71. The van der Waals surface area contributed by atoms with Crippen LogP contribution in [-0.4, -0.2) is 14.2 Å². The van der Waals surface area contributed by atoms with E-state index in [2.05, 4.69) is 37.9 Å². The second-order valence-corrected chi connectivity index (χ2v) is 6.38. The van der Waals surface area contributed by atoms with E-state index in [0.29, 0.717) is 0 Å². The average Bonchev–Trinajstić information content (AvgIpc) is 2.86. The Bertz CT molecular complexity index is 540. The van der Waals surface area contributed by atoms with Crippen LogP contribution >= 0.6 is 43.2 Å². The SMILES string of the molecule is COc1ccc(Br)cc1C(Br)c1sccc1OC. The van der Waals surface area contributed by atoms with Gasteiger partial charge in [-0.15, -0.1) is 11.3 Å². The van der Waals surface area contributed by atoms with Crippen molar-refractivity contribution in [3.8, 4) is 11.5 Å². The first-order chi connectivity index (χ1) is 8.67. The highest BCUT2D eigenvalue weighted by Crippen LogP contribution is 2.44. The molecule has 0 fully saturated rings. The van der Waals surface area contributed by atoms with Gasteiger partial charge in [-0.2, -0.15) is 0 Å². The Morgan fingerprint density at radius 3 is 2.50 bits per heavy atom. The Kier molecular flexibility index (Phi) is 4.70. The van der Waals surface area contributed by atoms with Crippen LogP contribution in [0, 0.1) is 0 Å². The molecule has 2 aromatic rings. The van der Waals surface area contributed by atoms with E-state index < -0.39 is 0 Å². The summed E-state index contributed by atoms with van der Waals surface area (Å²) in [4.78, 5) is 1.19. The van der Waals surface area contributed by atoms with Crippen molar-refractivity contribution in [2.75, 3.05) is 14.2 Å². The van der Waals surface area contributed by atoms with Gasteiger partial charge in [0.15, 0.2) is 0 Å².